The highest BCUT2D eigenvalue weighted by Gasteiger charge is 2.45. The number of hydrogen-bond acceptors (Lipinski definition) is 2. The van der Waals surface area contributed by atoms with Gasteiger partial charge in [-0.3, -0.25) is 9.59 Å². The SMILES string of the molecule is CC(=O)[C@]1(C/C=C/c2ccc(C(C)(C)C)cc2)CCc2ccccc2C1=O. The van der Waals surface area contributed by atoms with E-state index < -0.39 is 5.41 Å². The summed E-state index contributed by atoms with van der Waals surface area (Å²) >= 11 is 0. The first-order valence-electron chi connectivity index (χ1n) is 9.65. The van der Waals surface area contributed by atoms with Crippen LogP contribution in [0.4, 0.5) is 0 Å². The predicted octanol–water partition coefficient (Wildman–Crippen LogP) is 5.79. The summed E-state index contributed by atoms with van der Waals surface area (Å²) in [5, 5.41) is 0. The Morgan fingerprint density at radius 1 is 1.07 bits per heavy atom. The van der Waals surface area contributed by atoms with E-state index in [0.717, 1.165) is 17.5 Å². The lowest BCUT2D eigenvalue weighted by Crippen LogP contribution is -2.41. The normalized spacial score (nSPS) is 19.9. The summed E-state index contributed by atoms with van der Waals surface area (Å²) in [5.74, 6) is -0.0562. The van der Waals surface area contributed by atoms with Crippen molar-refractivity contribution in [1.29, 1.82) is 0 Å². The molecule has 27 heavy (non-hydrogen) atoms. The zero-order valence-corrected chi connectivity index (χ0v) is 16.7. The summed E-state index contributed by atoms with van der Waals surface area (Å²) in [5.41, 5.74) is 3.35. The molecule has 0 radical (unpaired) electrons. The van der Waals surface area contributed by atoms with Gasteiger partial charge in [0.05, 0.1) is 5.41 Å². The molecule has 0 spiro atoms. The maximum absolute atomic E-state index is 13.1. The Labute approximate surface area is 162 Å². The van der Waals surface area contributed by atoms with Crippen molar-refractivity contribution in [1.82, 2.24) is 0 Å². The summed E-state index contributed by atoms with van der Waals surface area (Å²) in [6.45, 7) is 8.14. The third-order valence-corrected chi connectivity index (χ3v) is 5.74. The highest BCUT2D eigenvalue weighted by Crippen LogP contribution is 2.39. The number of carbonyl (C=O) groups is 2. The third kappa shape index (κ3) is 3.80. The van der Waals surface area contributed by atoms with Gasteiger partial charge in [-0.05, 0) is 48.3 Å². The molecule has 0 fully saturated rings. The van der Waals surface area contributed by atoms with Crippen LogP contribution in [0.3, 0.4) is 0 Å². The van der Waals surface area contributed by atoms with E-state index in [2.05, 4.69) is 45.0 Å². The smallest absolute Gasteiger partial charge is 0.176 e. The van der Waals surface area contributed by atoms with Crippen molar-refractivity contribution in [3.63, 3.8) is 0 Å². The molecule has 0 heterocycles. The largest absolute Gasteiger partial charge is 0.299 e. The first-order chi connectivity index (χ1) is 12.7. The molecule has 0 bridgehead atoms. The lowest BCUT2D eigenvalue weighted by molar-refractivity contribution is -0.124. The first kappa shape index (κ1) is 19.3. The highest BCUT2D eigenvalue weighted by molar-refractivity contribution is 6.15. The molecule has 0 N–H and O–H groups in total. The Hall–Kier alpha value is -2.48. The van der Waals surface area contributed by atoms with Crippen molar-refractivity contribution in [3.05, 3.63) is 76.9 Å². The number of hydrogen-bond donors (Lipinski definition) is 0. The number of carbonyl (C=O) groups excluding carboxylic acids is 2. The van der Waals surface area contributed by atoms with Crippen molar-refractivity contribution in [2.75, 3.05) is 0 Å². The van der Waals surface area contributed by atoms with Crippen LogP contribution in [0.15, 0.2) is 54.6 Å². The van der Waals surface area contributed by atoms with Gasteiger partial charge in [0.25, 0.3) is 0 Å². The summed E-state index contributed by atoms with van der Waals surface area (Å²) in [6, 6.07) is 16.1. The van der Waals surface area contributed by atoms with Crippen molar-refractivity contribution in [2.24, 2.45) is 5.41 Å². The molecule has 2 nitrogen and oxygen atoms in total. The average Bonchev–Trinajstić information content (AvgIpc) is 2.63. The molecule has 0 amide bonds. The second-order valence-electron chi connectivity index (χ2n) is 8.60. The quantitative estimate of drug-likeness (QED) is 0.647. The molecule has 0 unspecified atom stereocenters. The molecule has 3 rings (SSSR count). The van der Waals surface area contributed by atoms with Gasteiger partial charge in [-0.2, -0.15) is 0 Å². The number of Topliss-reactive ketones (excluding diaryl/α,β-unsaturated/α-hetero) is 2. The van der Waals surface area contributed by atoms with E-state index in [1.807, 2.05) is 36.4 Å². The molecular formula is C25H28O2. The van der Waals surface area contributed by atoms with Crippen LogP contribution in [-0.4, -0.2) is 11.6 Å². The molecule has 0 aromatic heterocycles. The molecule has 1 aliphatic carbocycles. The van der Waals surface area contributed by atoms with Crippen molar-refractivity contribution in [2.45, 2.75) is 52.4 Å². The van der Waals surface area contributed by atoms with Gasteiger partial charge in [-0.15, -0.1) is 0 Å². The fourth-order valence-electron chi connectivity index (χ4n) is 3.84. The van der Waals surface area contributed by atoms with Gasteiger partial charge in [0.15, 0.2) is 5.78 Å². The van der Waals surface area contributed by atoms with E-state index in [4.69, 9.17) is 0 Å². The number of allylic oxidation sites excluding steroid dienone is 1. The minimum Gasteiger partial charge on any atom is -0.299 e. The van der Waals surface area contributed by atoms with Crippen LogP contribution in [0.5, 0.6) is 0 Å². The van der Waals surface area contributed by atoms with Crippen molar-refractivity contribution < 1.29 is 9.59 Å². The van der Waals surface area contributed by atoms with Crippen LogP contribution in [-0.2, 0) is 16.6 Å². The highest BCUT2D eigenvalue weighted by atomic mass is 16.2. The lowest BCUT2D eigenvalue weighted by Gasteiger charge is -2.33. The molecule has 0 saturated heterocycles. The zero-order chi connectivity index (χ0) is 19.7. The number of rotatable bonds is 4. The van der Waals surface area contributed by atoms with Crippen molar-refractivity contribution >= 4 is 17.6 Å². The third-order valence-electron chi connectivity index (χ3n) is 5.74. The van der Waals surface area contributed by atoms with Crippen LogP contribution in [0.1, 0.15) is 67.6 Å². The van der Waals surface area contributed by atoms with E-state index in [9.17, 15) is 9.59 Å². The van der Waals surface area contributed by atoms with Gasteiger partial charge in [0.1, 0.15) is 5.78 Å². The fourth-order valence-corrected chi connectivity index (χ4v) is 3.84. The van der Waals surface area contributed by atoms with E-state index in [-0.39, 0.29) is 17.0 Å². The Morgan fingerprint density at radius 3 is 2.37 bits per heavy atom. The van der Waals surface area contributed by atoms with Crippen LogP contribution >= 0.6 is 0 Å². The molecule has 0 aliphatic heterocycles. The second kappa shape index (κ2) is 7.26. The average molecular weight is 360 g/mol. The fraction of sp³-hybridized carbons (Fsp3) is 0.360. The number of benzene rings is 2. The molecule has 2 aromatic carbocycles. The number of ketones is 2. The van der Waals surface area contributed by atoms with Gasteiger partial charge in [-0.1, -0.05) is 81.5 Å². The standard InChI is InChI=1S/C25H28O2/c1-18(26)25(17-15-20-9-5-6-10-22(20)23(25)27)16-7-8-19-11-13-21(14-12-19)24(2,3)4/h5-14H,15-17H2,1-4H3/b8-7+/t25-/m0/s1. The molecule has 1 atom stereocenters. The number of aryl methyl sites for hydroxylation is 1. The van der Waals surface area contributed by atoms with Gasteiger partial charge in [0.2, 0.25) is 0 Å². The van der Waals surface area contributed by atoms with E-state index in [1.54, 1.807) is 6.92 Å². The van der Waals surface area contributed by atoms with Gasteiger partial charge in [-0.25, -0.2) is 0 Å². The molecular weight excluding hydrogens is 332 g/mol. The van der Waals surface area contributed by atoms with E-state index >= 15 is 0 Å². The zero-order valence-electron chi connectivity index (χ0n) is 16.7. The Morgan fingerprint density at radius 2 is 1.74 bits per heavy atom. The maximum Gasteiger partial charge on any atom is 0.176 e. The Balaban J connectivity index is 1.81. The van der Waals surface area contributed by atoms with Gasteiger partial charge >= 0.3 is 0 Å². The Kier molecular flexibility index (Phi) is 5.19. The minimum absolute atomic E-state index is 0.0235. The minimum atomic E-state index is -0.920. The van der Waals surface area contributed by atoms with Gasteiger partial charge in [0, 0.05) is 5.56 Å². The summed E-state index contributed by atoms with van der Waals surface area (Å²) < 4.78 is 0. The second-order valence-corrected chi connectivity index (χ2v) is 8.60. The molecule has 2 aromatic rings. The first-order valence-corrected chi connectivity index (χ1v) is 9.65. The van der Waals surface area contributed by atoms with E-state index in [0.29, 0.717) is 18.4 Å². The maximum atomic E-state index is 13.1. The monoisotopic (exact) mass is 360 g/mol. The van der Waals surface area contributed by atoms with Gasteiger partial charge < -0.3 is 0 Å². The van der Waals surface area contributed by atoms with Crippen LogP contribution in [0, 0.1) is 5.41 Å². The van der Waals surface area contributed by atoms with Crippen LogP contribution in [0.25, 0.3) is 6.08 Å². The number of fused-ring (bicyclic) bond motifs is 1. The van der Waals surface area contributed by atoms with Crippen LogP contribution < -0.4 is 0 Å². The van der Waals surface area contributed by atoms with Crippen LogP contribution in [0.2, 0.25) is 0 Å². The molecule has 0 saturated carbocycles. The molecule has 1 aliphatic rings. The van der Waals surface area contributed by atoms with Crippen molar-refractivity contribution in [3.8, 4) is 0 Å². The topological polar surface area (TPSA) is 34.1 Å². The molecule has 2 heteroatoms. The Bertz CT molecular complexity index is 881. The molecule has 140 valence electrons. The summed E-state index contributed by atoms with van der Waals surface area (Å²) in [6.07, 6.45) is 5.82. The summed E-state index contributed by atoms with van der Waals surface area (Å²) in [4.78, 5) is 25.6. The lowest BCUT2D eigenvalue weighted by atomic mass is 9.66. The predicted molar refractivity (Wildman–Crippen MR) is 111 cm³/mol. The summed E-state index contributed by atoms with van der Waals surface area (Å²) in [7, 11) is 0. The van der Waals surface area contributed by atoms with E-state index in [1.165, 1.54) is 5.56 Å².